The van der Waals surface area contributed by atoms with Crippen LogP contribution >= 0.6 is 36.4 Å². The molecule has 0 saturated carbocycles. The van der Waals surface area contributed by atoms with E-state index in [-0.39, 0.29) is 30.6 Å². The summed E-state index contributed by atoms with van der Waals surface area (Å²) >= 11 is 5.99. The number of rotatable bonds is 7. The molecular formula is C21H28Cl3FN2. The fourth-order valence-electron chi connectivity index (χ4n) is 3.55. The highest BCUT2D eigenvalue weighted by Gasteiger charge is 2.19. The van der Waals surface area contributed by atoms with E-state index in [1.165, 1.54) is 18.9 Å². The van der Waals surface area contributed by atoms with E-state index in [9.17, 15) is 4.39 Å². The maximum atomic E-state index is 13.3. The van der Waals surface area contributed by atoms with Gasteiger partial charge in [0.15, 0.2) is 0 Å². The summed E-state index contributed by atoms with van der Waals surface area (Å²) in [5.74, 6) is 0.560. The number of likely N-dealkylation sites (tertiary alicyclic amines) is 1. The Hall–Kier alpha value is -1.00. The van der Waals surface area contributed by atoms with E-state index < -0.39 is 0 Å². The molecule has 150 valence electrons. The highest BCUT2D eigenvalue weighted by molar-refractivity contribution is 6.30. The Bertz CT molecular complexity index is 673. The van der Waals surface area contributed by atoms with Crippen molar-refractivity contribution in [2.24, 2.45) is 5.92 Å². The number of piperidine rings is 1. The number of hydrogen-bond donors (Lipinski definition) is 1. The molecule has 2 aromatic rings. The van der Waals surface area contributed by atoms with Crippen LogP contribution in [0.25, 0.3) is 0 Å². The number of nitrogens with one attached hydrogen (secondary N) is 1. The van der Waals surface area contributed by atoms with Crippen LogP contribution in [-0.2, 0) is 6.42 Å². The van der Waals surface area contributed by atoms with Crippen LogP contribution in [-0.4, -0.2) is 31.1 Å². The Kier molecular flexibility index (Phi) is 11.1. The molecule has 0 aliphatic carbocycles. The molecule has 3 rings (SSSR count). The monoisotopic (exact) mass is 432 g/mol. The highest BCUT2D eigenvalue weighted by Crippen LogP contribution is 2.22. The molecule has 0 bridgehead atoms. The Balaban J connectivity index is 0.00000182. The Labute approximate surface area is 179 Å². The summed E-state index contributed by atoms with van der Waals surface area (Å²) in [5.41, 5.74) is 2.21. The maximum Gasteiger partial charge on any atom is 0.123 e. The third-order valence-corrected chi connectivity index (χ3v) is 5.16. The molecule has 1 N–H and O–H groups in total. The quantitative estimate of drug-likeness (QED) is 0.532. The van der Waals surface area contributed by atoms with Crippen LogP contribution in [0.15, 0.2) is 48.5 Å². The van der Waals surface area contributed by atoms with Gasteiger partial charge in [0, 0.05) is 17.3 Å². The first-order valence-corrected chi connectivity index (χ1v) is 9.53. The fraction of sp³-hybridized carbons (Fsp3) is 0.429. The average molecular weight is 434 g/mol. The predicted octanol–water partition coefficient (Wildman–Crippen LogP) is 6.08. The average Bonchev–Trinajstić information content (AvgIpc) is 2.60. The molecule has 0 unspecified atom stereocenters. The molecular weight excluding hydrogens is 406 g/mol. The largest absolute Gasteiger partial charge is 0.385 e. The summed E-state index contributed by atoms with van der Waals surface area (Å²) in [4.78, 5) is 2.54. The molecule has 0 aromatic heterocycles. The molecule has 1 fully saturated rings. The lowest BCUT2D eigenvalue weighted by Gasteiger charge is -2.32. The number of anilines is 1. The van der Waals surface area contributed by atoms with Gasteiger partial charge >= 0.3 is 0 Å². The van der Waals surface area contributed by atoms with Gasteiger partial charge in [-0.15, -0.1) is 24.8 Å². The van der Waals surface area contributed by atoms with E-state index >= 15 is 0 Å². The van der Waals surface area contributed by atoms with Crippen molar-refractivity contribution in [3.05, 3.63) is 64.9 Å². The van der Waals surface area contributed by atoms with Crippen molar-refractivity contribution in [1.82, 2.24) is 4.90 Å². The Morgan fingerprint density at radius 2 is 1.78 bits per heavy atom. The lowest BCUT2D eigenvalue weighted by atomic mass is 9.90. The number of halogens is 4. The van der Waals surface area contributed by atoms with Gasteiger partial charge in [0.25, 0.3) is 0 Å². The van der Waals surface area contributed by atoms with Crippen molar-refractivity contribution in [2.45, 2.75) is 25.7 Å². The Morgan fingerprint density at radius 1 is 1.04 bits per heavy atom. The zero-order chi connectivity index (χ0) is 17.5. The van der Waals surface area contributed by atoms with Crippen LogP contribution in [0.1, 0.15) is 24.8 Å². The summed E-state index contributed by atoms with van der Waals surface area (Å²) in [6.07, 6.45) is 4.54. The maximum absolute atomic E-state index is 13.3. The molecule has 27 heavy (non-hydrogen) atoms. The molecule has 2 nitrogen and oxygen atoms in total. The first-order chi connectivity index (χ1) is 12.2. The van der Waals surface area contributed by atoms with Gasteiger partial charge in [-0.3, -0.25) is 0 Å². The second kappa shape index (κ2) is 12.5. The van der Waals surface area contributed by atoms with Gasteiger partial charge in [0.05, 0.1) is 0 Å². The lowest BCUT2D eigenvalue weighted by molar-refractivity contribution is 0.183. The smallest absolute Gasteiger partial charge is 0.123 e. The molecule has 0 atom stereocenters. The zero-order valence-electron chi connectivity index (χ0n) is 15.4. The molecule has 1 heterocycles. The summed E-state index contributed by atoms with van der Waals surface area (Å²) in [5, 5.41) is 4.19. The van der Waals surface area contributed by atoms with E-state index in [0.29, 0.717) is 5.92 Å². The topological polar surface area (TPSA) is 15.3 Å². The van der Waals surface area contributed by atoms with Crippen LogP contribution in [0.4, 0.5) is 10.1 Å². The summed E-state index contributed by atoms with van der Waals surface area (Å²) < 4.78 is 13.3. The molecule has 0 radical (unpaired) electrons. The number of hydrogen-bond acceptors (Lipinski definition) is 2. The van der Waals surface area contributed by atoms with Crippen molar-refractivity contribution in [3.8, 4) is 0 Å². The minimum absolute atomic E-state index is 0. The van der Waals surface area contributed by atoms with Gasteiger partial charge in [-0.25, -0.2) is 4.39 Å². The van der Waals surface area contributed by atoms with Crippen molar-refractivity contribution < 1.29 is 4.39 Å². The first-order valence-electron chi connectivity index (χ1n) is 9.15. The van der Waals surface area contributed by atoms with E-state index in [0.717, 1.165) is 55.3 Å². The molecule has 0 amide bonds. The van der Waals surface area contributed by atoms with Crippen LogP contribution in [0.5, 0.6) is 0 Å². The highest BCUT2D eigenvalue weighted by atomic mass is 35.5. The lowest BCUT2D eigenvalue weighted by Crippen LogP contribution is -2.35. The summed E-state index contributed by atoms with van der Waals surface area (Å²) in [6.45, 7) is 4.39. The second-order valence-electron chi connectivity index (χ2n) is 6.91. The van der Waals surface area contributed by atoms with Crippen LogP contribution in [0.3, 0.4) is 0 Å². The van der Waals surface area contributed by atoms with Crippen molar-refractivity contribution in [3.63, 3.8) is 0 Å². The van der Waals surface area contributed by atoms with Gasteiger partial charge in [0.1, 0.15) is 5.82 Å². The number of nitrogens with zero attached hydrogens (tertiary/aromatic N) is 1. The van der Waals surface area contributed by atoms with Gasteiger partial charge in [-0.1, -0.05) is 29.8 Å². The second-order valence-corrected chi connectivity index (χ2v) is 7.35. The first kappa shape index (κ1) is 24.0. The molecule has 1 aliphatic heterocycles. The predicted molar refractivity (Wildman–Crippen MR) is 118 cm³/mol. The van der Waals surface area contributed by atoms with Gasteiger partial charge in [-0.2, -0.15) is 0 Å². The fourth-order valence-corrected chi connectivity index (χ4v) is 3.74. The van der Waals surface area contributed by atoms with Gasteiger partial charge < -0.3 is 10.2 Å². The molecule has 2 aromatic carbocycles. The number of benzene rings is 2. The van der Waals surface area contributed by atoms with E-state index in [4.69, 9.17) is 11.6 Å². The molecule has 1 aliphatic rings. The van der Waals surface area contributed by atoms with Crippen molar-refractivity contribution >= 4 is 42.1 Å². The van der Waals surface area contributed by atoms with E-state index in [1.54, 1.807) is 6.07 Å². The SMILES string of the molecule is Cl.Cl.Fc1cccc(CC2CCN(CCCNc3cccc(Cl)c3)CC2)c1. The van der Waals surface area contributed by atoms with Gasteiger partial charge in [0.2, 0.25) is 0 Å². The minimum Gasteiger partial charge on any atom is -0.385 e. The van der Waals surface area contributed by atoms with Crippen LogP contribution < -0.4 is 5.32 Å². The normalized spacial score (nSPS) is 14.9. The third kappa shape index (κ3) is 8.27. The van der Waals surface area contributed by atoms with E-state index in [1.807, 2.05) is 36.4 Å². The van der Waals surface area contributed by atoms with Crippen LogP contribution in [0, 0.1) is 11.7 Å². The van der Waals surface area contributed by atoms with Crippen molar-refractivity contribution in [1.29, 1.82) is 0 Å². The Morgan fingerprint density at radius 3 is 2.48 bits per heavy atom. The summed E-state index contributed by atoms with van der Waals surface area (Å²) in [7, 11) is 0. The third-order valence-electron chi connectivity index (χ3n) is 4.93. The van der Waals surface area contributed by atoms with Gasteiger partial charge in [-0.05, 0) is 87.1 Å². The zero-order valence-corrected chi connectivity index (χ0v) is 17.8. The molecule has 0 spiro atoms. The molecule has 1 saturated heterocycles. The summed E-state index contributed by atoms with van der Waals surface area (Å²) in [6, 6.07) is 14.9. The minimum atomic E-state index is -0.123. The van der Waals surface area contributed by atoms with Crippen molar-refractivity contribution in [2.75, 3.05) is 31.5 Å². The van der Waals surface area contributed by atoms with E-state index in [2.05, 4.69) is 10.2 Å². The standard InChI is InChI=1S/C21H26ClFN2.2ClH/c22-19-5-2-7-21(16-19)24-10-3-11-25-12-8-17(9-13-25)14-18-4-1-6-20(23)15-18;;/h1-2,4-7,15-17,24H,3,8-14H2;2*1H. The molecule has 6 heteroatoms. The van der Waals surface area contributed by atoms with Crippen LogP contribution in [0.2, 0.25) is 5.02 Å².